The molecule has 108 valence electrons. The summed E-state index contributed by atoms with van der Waals surface area (Å²) in [6, 6.07) is 0. The molecule has 0 aliphatic heterocycles. The number of thioether (sulfide) groups is 1. The first-order chi connectivity index (χ1) is 8.82. The summed E-state index contributed by atoms with van der Waals surface area (Å²) in [6.45, 7) is 7.49. The number of carbonyl (C=O) groups excluding carboxylic acids is 1. The van der Waals surface area contributed by atoms with Gasteiger partial charge in [0, 0.05) is 12.7 Å². The van der Waals surface area contributed by atoms with Gasteiger partial charge in [-0.2, -0.15) is 0 Å². The SMILES string of the molecule is CC(=O)NC(SC/C=C(\C)CCC=C(C)C)C(=O)O. The average molecular weight is 285 g/mol. The number of allylic oxidation sites excluding steroid dienone is 3. The van der Waals surface area contributed by atoms with Gasteiger partial charge in [-0.05, 0) is 33.6 Å². The Labute approximate surface area is 119 Å². The lowest BCUT2D eigenvalue weighted by atomic mass is 10.1. The van der Waals surface area contributed by atoms with Crippen LogP contribution in [0.15, 0.2) is 23.3 Å². The maximum absolute atomic E-state index is 10.9. The van der Waals surface area contributed by atoms with Gasteiger partial charge in [0.1, 0.15) is 0 Å². The van der Waals surface area contributed by atoms with E-state index in [1.807, 2.05) is 13.0 Å². The summed E-state index contributed by atoms with van der Waals surface area (Å²) in [5, 5.41) is 10.4. The monoisotopic (exact) mass is 285 g/mol. The molecule has 2 N–H and O–H groups in total. The zero-order valence-corrected chi connectivity index (χ0v) is 12.8. The molecule has 1 unspecified atom stereocenters. The maximum Gasteiger partial charge on any atom is 0.336 e. The molecule has 0 aliphatic rings. The molecule has 19 heavy (non-hydrogen) atoms. The van der Waals surface area contributed by atoms with E-state index in [1.54, 1.807) is 0 Å². The van der Waals surface area contributed by atoms with Gasteiger partial charge in [0.15, 0.2) is 5.37 Å². The van der Waals surface area contributed by atoms with Gasteiger partial charge in [-0.1, -0.05) is 23.3 Å². The molecule has 0 saturated carbocycles. The van der Waals surface area contributed by atoms with Crippen molar-refractivity contribution in [1.29, 1.82) is 0 Å². The molecule has 0 aliphatic carbocycles. The van der Waals surface area contributed by atoms with Crippen LogP contribution in [0.25, 0.3) is 0 Å². The lowest BCUT2D eigenvalue weighted by Crippen LogP contribution is -2.37. The highest BCUT2D eigenvalue weighted by Crippen LogP contribution is 2.12. The molecule has 0 aromatic carbocycles. The summed E-state index contributed by atoms with van der Waals surface area (Å²) >= 11 is 1.20. The van der Waals surface area contributed by atoms with Crippen LogP contribution in [-0.4, -0.2) is 28.1 Å². The quantitative estimate of drug-likeness (QED) is 0.531. The van der Waals surface area contributed by atoms with Gasteiger partial charge in [0.2, 0.25) is 5.91 Å². The highest BCUT2D eigenvalue weighted by molar-refractivity contribution is 8.00. The Bertz CT molecular complexity index is 371. The Morgan fingerprint density at radius 3 is 2.32 bits per heavy atom. The number of nitrogens with one attached hydrogen (secondary N) is 1. The van der Waals surface area contributed by atoms with E-state index in [2.05, 4.69) is 25.2 Å². The second-order valence-electron chi connectivity index (χ2n) is 4.62. The number of carboxylic acids is 1. The van der Waals surface area contributed by atoms with Crippen LogP contribution >= 0.6 is 11.8 Å². The fourth-order valence-electron chi connectivity index (χ4n) is 1.34. The number of hydrogen-bond donors (Lipinski definition) is 2. The van der Waals surface area contributed by atoms with Gasteiger partial charge in [-0.3, -0.25) is 4.79 Å². The number of hydrogen-bond acceptors (Lipinski definition) is 3. The van der Waals surface area contributed by atoms with Crippen LogP contribution in [0.2, 0.25) is 0 Å². The van der Waals surface area contributed by atoms with Gasteiger partial charge >= 0.3 is 5.97 Å². The van der Waals surface area contributed by atoms with E-state index in [0.29, 0.717) is 5.75 Å². The third-order valence-corrected chi connectivity index (χ3v) is 3.36. The highest BCUT2D eigenvalue weighted by atomic mass is 32.2. The van der Waals surface area contributed by atoms with E-state index >= 15 is 0 Å². The first-order valence-corrected chi connectivity index (χ1v) is 7.28. The van der Waals surface area contributed by atoms with Crippen molar-refractivity contribution >= 4 is 23.6 Å². The smallest absolute Gasteiger partial charge is 0.336 e. The minimum atomic E-state index is -1.02. The molecule has 0 radical (unpaired) electrons. The maximum atomic E-state index is 10.9. The van der Waals surface area contributed by atoms with E-state index in [-0.39, 0.29) is 5.91 Å². The Balaban J connectivity index is 4.12. The molecule has 0 saturated heterocycles. The largest absolute Gasteiger partial charge is 0.479 e. The number of carbonyl (C=O) groups is 2. The molecule has 0 heterocycles. The van der Waals surface area contributed by atoms with Crippen LogP contribution in [0.3, 0.4) is 0 Å². The summed E-state index contributed by atoms with van der Waals surface area (Å²) in [4.78, 5) is 21.7. The molecular formula is C14H23NO3S. The van der Waals surface area contributed by atoms with Gasteiger partial charge < -0.3 is 10.4 Å². The minimum Gasteiger partial charge on any atom is -0.479 e. The first-order valence-electron chi connectivity index (χ1n) is 6.23. The second kappa shape index (κ2) is 9.67. The molecule has 5 heteroatoms. The van der Waals surface area contributed by atoms with E-state index < -0.39 is 11.3 Å². The van der Waals surface area contributed by atoms with Gasteiger partial charge in [0.25, 0.3) is 0 Å². The van der Waals surface area contributed by atoms with Crippen molar-refractivity contribution in [1.82, 2.24) is 5.32 Å². The van der Waals surface area contributed by atoms with Crippen LogP contribution in [0.1, 0.15) is 40.5 Å². The van der Waals surface area contributed by atoms with Crippen molar-refractivity contribution in [2.45, 2.75) is 45.9 Å². The molecule has 1 amide bonds. The third kappa shape index (κ3) is 10.4. The zero-order valence-electron chi connectivity index (χ0n) is 12.0. The van der Waals surface area contributed by atoms with Crippen molar-refractivity contribution < 1.29 is 14.7 Å². The third-order valence-electron chi connectivity index (χ3n) is 2.34. The van der Waals surface area contributed by atoms with E-state index in [4.69, 9.17) is 5.11 Å². The molecule has 0 fully saturated rings. The van der Waals surface area contributed by atoms with E-state index in [0.717, 1.165) is 12.8 Å². The fourth-order valence-corrected chi connectivity index (χ4v) is 2.30. The Hall–Kier alpha value is -1.23. The lowest BCUT2D eigenvalue weighted by molar-refractivity contribution is -0.138. The lowest BCUT2D eigenvalue weighted by Gasteiger charge is -2.11. The van der Waals surface area contributed by atoms with Crippen LogP contribution in [-0.2, 0) is 9.59 Å². The number of rotatable bonds is 8. The molecule has 0 bridgehead atoms. The fraction of sp³-hybridized carbons (Fsp3) is 0.571. The van der Waals surface area contributed by atoms with Crippen LogP contribution in [0.5, 0.6) is 0 Å². The second-order valence-corrected chi connectivity index (χ2v) is 5.76. The Morgan fingerprint density at radius 1 is 1.21 bits per heavy atom. The van der Waals surface area contributed by atoms with Gasteiger partial charge in [-0.15, -0.1) is 11.8 Å². The predicted molar refractivity (Wildman–Crippen MR) is 80.1 cm³/mol. The molecule has 4 nitrogen and oxygen atoms in total. The van der Waals surface area contributed by atoms with Crippen LogP contribution in [0.4, 0.5) is 0 Å². The highest BCUT2D eigenvalue weighted by Gasteiger charge is 2.17. The Morgan fingerprint density at radius 2 is 1.84 bits per heavy atom. The summed E-state index contributed by atoms with van der Waals surface area (Å²) in [5.41, 5.74) is 2.54. The topological polar surface area (TPSA) is 66.4 Å². The minimum absolute atomic E-state index is 0.329. The molecule has 1 atom stereocenters. The number of amides is 1. The Kier molecular flexibility index (Phi) is 9.04. The zero-order chi connectivity index (χ0) is 14.8. The summed E-state index contributed by atoms with van der Waals surface area (Å²) in [6.07, 6.45) is 6.18. The molecule has 0 spiro atoms. The predicted octanol–water partition coefficient (Wildman–Crippen LogP) is 2.96. The summed E-state index contributed by atoms with van der Waals surface area (Å²) < 4.78 is 0. The average Bonchev–Trinajstić information content (AvgIpc) is 2.26. The first kappa shape index (κ1) is 17.8. The number of carboxylic acid groups (broad SMARTS) is 1. The molecule has 0 aromatic rings. The standard InChI is InChI=1S/C14H23NO3S/c1-10(2)6-5-7-11(3)8-9-19-13(14(17)18)15-12(4)16/h6,8,13H,5,7,9H2,1-4H3,(H,15,16)(H,17,18)/b11-8+. The molecular weight excluding hydrogens is 262 g/mol. The van der Waals surface area contributed by atoms with Crippen LogP contribution < -0.4 is 5.32 Å². The molecule has 0 rings (SSSR count). The van der Waals surface area contributed by atoms with Crippen molar-refractivity contribution in [2.24, 2.45) is 0 Å². The van der Waals surface area contributed by atoms with Gasteiger partial charge in [-0.25, -0.2) is 4.79 Å². The molecule has 0 aromatic heterocycles. The van der Waals surface area contributed by atoms with Crippen molar-refractivity contribution in [3.05, 3.63) is 23.3 Å². The van der Waals surface area contributed by atoms with E-state index in [9.17, 15) is 9.59 Å². The van der Waals surface area contributed by atoms with Crippen molar-refractivity contribution in [2.75, 3.05) is 5.75 Å². The van der Waals surface area contributed by atoms with Crippen molar-refractivity contribution in [3.63, 3.8) is 0 Å². The van der Waals surface area contributed by atoms with Crippen molar-refractivity contribution in [3.8, 4) is 0 Å². The number of aliphatic carboxylic acids is 1. The summed E-state index contributed by atoms with van der Waals surface area (Å²) in [7, 11) is 0. The normalized spacial score (nSPS) is 12.7. The summed E-state index contributed by atoms with van der Waals surface area (Å²) in [5.74, 6) is -0.766. The van der Waals surface area contributed by atoms with Gasteiger partial charge in [0.05, 0.1) is 0 Å². The van der Waals surface area contributed by atoms with Crippen LogP contribution in [0, 0.1) is 0 Å². The van der Waals surface area contributed by atoms with E-state index in [1.165, 1.54) is 29.8 Å².